The average molecular weight is 375 g/mol. The number of aromatic nitrogens is 1. The number of nitrogens with two attached hydrogens (primary N) is 1. The molecule has 7 heteroatoms. The number of nitrogens with zero attached hydrogens (tertiary/aromatic N) is 3. The standard InChI is InChI=1S/C19H26N4O2S/c1-5-13-16(26-18(20)21-13)17(24)22-10-11-23(19(2,3)12-22)14-8-6-7-9-15(14)25-4/h6-9H,5,10-12H2,1-4H3,(H2,20,21). The number of hydrogen-bond donors (Lipinski definition) is 1. The highest BCUT2D eigenvalue weighted by Crippen LogP contribution is 2.35. The zero-order valence-electron chi connectivity index (χ0n) is 15.8. The van der Waals surface area contributed by atoms with Crippen molar-refractivity contribution in [2.24, 2.45) is 0 Å². The fraction of sp³-hybridized carbons (Fsp3) is 0.474. The Hall–Kier alpha value is -2.28. The number of nitrogen functional groups attached to an aromatic ring is 1. The van der Waals surface area contributed by atoms with Crippen LogP contribution in [0.5, 0.6) is 5.75 Å². The third-order valence-corrected chi connectivity index (χ3v) is 5.72. The highest BCUT2D eigenvalue weighted by Gasteiger charge is 2.37. The third-order valence-electron chi connectivity index (χ3n) is 4.81. The van der Waals surface area contributed by atoms with Gasteiger partial charge in [-0.05, 0) is 32.4 Å². The number of ether oxygens (including phenoxy) is 1. The molecular weight excluding hydrogens is 348 g/mol. The van der Waals surface area contributed by atoms with Crippen LogP contribution in [0.3, 0.4) is 0 Å². The van der Waals surface area contributed by atoms with Gasteiger partial charge in [-0.15, -0.1) is 0 Å². The van der Waals surface area contributed by atoms with E-state index in [-0.39, 0.29) is 11.4 Å². The first-order valence-corrected chi connectivity index (χ1v) is 9.64. The molecule has 3 rings (SSSR count). The first-order valence-electron chi connectivity index (χ1n) is 8.82. The summed E-state index contributed by atoms with van der Waals surface area (Å²) in [6, 6.07) is 8.02. The number of benzene rings is 1. The van der Waals surface area contributed by atoms with Crippen LogP contribution in [0.25, 0.3) is 0 Å². The smallest absolute Gasteiger partial charge is 0.266 e. The number of piperazine rings is 1. The zero-order valence-corrected chi connectivity index (χ0v) is 16.6. The summed E-state index contributed by atoms with van der Waals surface area (Å²) in [7, 11) is 1.69. The number of rotatable bonds is 4. The minimum absolute atomic E-state index is 0.0313. The van der Waals surface area contributed by atoms with Gasteiger partial charge < -0.3 is 20.3 Å². The molecule has 0 bridgehead atoms. The molecule has 0 saturated carbocycles. The fourth-order valence-corrected chi connectivity index (χ4v) is 4.44. The van der Waals surface area contributed by atoms with E-state index in [4.69, 9.17) is 10.5 Å². The van der Waals surface area contributed by atoms with Gasteiger partial charge in [-0.25, -0.2) is 4.98 Å². The molecule has 1 aliphatic heterocycles. The summed E-state index contributed by atoms with van der Waals surface area (Å²) in [6.45, 7) is 8.33. The van der Waals surface area contributed by atoms with Crippen molar-refractivity contribution < 1.29 is 9.53 Å². The first-order chi connectivity index (χ1) is 12.4. The molecule has 0 radical (unpaired) electrons. The molecule has 2 heterocycles. The molecule has 2 N–H and O–H groups in total. The Bertz CT molecular complexity index is 803. The monoisotopic (exact) mass is 374 g/mol. The van der Waals surface area contributed by atoms with Crippen molar-refractivity contribution in [3.05, 3.63) is 34.8 Å². The molecule has 1 aromatic carbocycles. The van der Waals surface area contributed by atoms with Crippen LogP contribution in [-0.4, -0.2) is 48.1 Å². The molecule has 1 saturated heterocycles. The number of anilines is 2. The van der Waals surface area contributed by atoms with Crippen molar-refractivity contribution >= 4 is 28.1 Å². The Morgan fingerprint density at radius 2 is 2.08 bits per heavy atom. The number of hydrogen-bond acceptors (Lipinski definition) is 6. The maximum Gasteiger partial charge on any atom is 0.266 e. The molecule has 2 aromatic rings. The number of methoxy groups -OCH3 is 1. The van der Waals surface area contributed by atoms with Gasteiger partial charge in [0.2, 0.25) is 0 Å². The summed E-state index contributed by atoms with van der Waals surface area (Å²) < 4.78 is 5.53. The van der Waals surface area contributed by atoms with Crippen LogP contribution in [-0.2, 0) is 6.42 Å². The highest BCUT2D eigenvalue weighted by molar-refractivity contribution is 7.17. The number of carbonyl (C=O) groups is 1. The summed E-state index contributed by atoms with van der Waals surface area (Å²) in [5.74, 6) is 0.882. The van der Waals surface area contributed by atoms with Crippen molar-refractivity contribution in [2.75, 3.05) is 37.4 Å². The number of para-hydroxylation sites is 2. The van der Waals surface area contributed by atoms with E-state index in [1.54, 1.807) is 7.11 Å². The van der Waals surface area contributed by atoms with Gasteiger partial charge in [0.1, 0.15) is 10.6 Å². The van der Waals surface area contributed by atoms with Crippen LogP contribution in [0.2, 0.25) is 0 Å². The Labute approximate surface area is 158 Å². The topological polar surface area (TPSA) is 71.7 Å². The summed E-state index contributed by atoms with van der Waals surface area (Å²) in [5, 5.41) is 0.456. The number of thiazole rings is 1. The molecule has 140 valence electrons. The van der Waals surface area contributed by atoms with Crippen LogP contribution < -0.4 is 15.4 Å². The van der Waals surface area contributed by atoms with E-state index in [0.29, 0.717) is 29.5 Å². The number of amides is 1. The Morgan fingerprint density at radius 1 is 1.35 bits per heavy atom. The van der Waals surface area contributed by atoms with Crippen LogP contribution in [0.15, 0.2) is 24.3 Å². The van der Waals surface area contributed by atoms with E-state index in [1.165, 1.54) is 11.3 Å². The normalized spacial score (nSPS) is 16.6. The molecule has 1 amide bonds. The Balaban J connectivity index is 1.83. The van der Waals surface area contributed by atoms with Gasteiger partial charge in [0.25, 0.3) is 5.91 Å². The largest absolute Gasteiger partial charge is 0.495 e. The van der Waals surface area contributed by atoms with Crippen LogP contribution in [0, 0.1) is 0 Å². The second kappa shape index (κ2) is 7.15. The number of carbonyl (C=O) groups excluding carboxylic acids is 1. The van der Waals surface area contributed by atoms with E-state index >= 15 is 0 Å². The van der Waals surface area contributed by atoms with Crippen molar-refractivity contribution in [1.82, 2.24) is 9.88 Å². The van der Waals surface area contributed by atoms with Crippen molar-refractivity contribution in [3.8, 4) is 5.75 Å². The lowest BCUT2D eigenvalue weighted by Gasteiger charge is -2.48. The SMILES string of the molecule is CCc1nc(N)sc1C(=O)N1CCN(c2ccccc2OC)C(C)(C)C1. The van der Waals surface area contributed by atoms with Gasteiger partial charge >= 0.3 is 0 Å². The predicted octanol–water partition coefficient (Wildman–Crippen LogP) is 3.04. The van der Waals surface area contributed by atoms with Gasteiger partial charge in [-0.2, -0.15) is 0 Å². The third kappa shape index (κ3) is 3.35. The lowest BCUT2D eigenvalue weighted by atomic mass is 9.97. The molecule has 6 nitrogen and oxygen atoms in total. The quantitative estimate of drug-likeness (QED) is 0.891. The Kier molecular flexibility index (Phi) is 5.09. The van der Waals surface area contributed by atoms with E-state index in [1.807, 2.05) is 30.0 Å². The lowest BCUT2D eigenvalue weighted by Crippen LogP contribution is -2.60. The maximum atomic E-state index is 13.0. The fourth-order valence-electron chi connectivity index (χ4n) is 3.55. The maximum absolute atomic E-state index is 13.0. The van der Waals surface area contributed by atoms with E-state index in [9.17, 15) is 4.79 Å². The van der Waals surface area contributed by atoms with E-state index < -0.39 is 0 Å². The van der Waals surface area contributed by atoms with Crippen molar-refractivity contribution in [1.29, 1.82) is 0 Å². The van der Waals surface area contributed by atoms with Gasteiger partial charge in [0.05, 0.1) is 24.0 Å². The summed E-state index contributed by atoms with van der Waals surface area (Å²) in [6.07, 6.45) is 0.708. The molecule has 0 unspecified atom stereocenters. The van der Waals surface area contributed by atoms with Crippen LogP contribution >= 0.6 is 11.3 Å². The summed E-state index contributed by atoms with van der Waals surface area (Å²) in [5.41, 5.74) is 7.46. The van der Waals surface area contributed by atoms with Gasteiger partial charge in [-0.3, -0.25) is 4.79 Å². The molecule has 1 aliphatic rings. The van der Waals surface area contributed by atoms with E-state index in [2.05, 4.69) is 29.8 Å². The first kappa shape index (κ1) is 18.5. The van der Waals surface area contributed by atoms with Gasteiger partial charge in [0.15, 0.2) is 5.13 Å². The van der Waals surface area contributed by atoms with Crippen LogP contribution in [0.1, 0.15) is 36.1 Å². The minimum atomic E-state index is -0.217. The highest BCUT2D eigenvalue weighted by atomic mass is 32.1. The predicted molar refractivity (Wildman–Crippen MR) is 106 cm³/mol. The molecular formula is C19H26N4O2S. The molecule has 1 fully saturated rings. The molecule has 26 heavy (non-hydrogen) atoms. The average Bonchev–Trinajstić information content (AvgIpc) is 3.01. The number of aryl methyl sites for hydroxylation is 1. The van der Waals surface area contributed by atoms with Crippen molar-refractivity contribution in [3.63, 3.8) is 0 Å². The zero-order chi connectivity index (χ0) is 18.9. The minimum Gasteiger partial charge on any atom is -0.495 e. The Morgan fingerprint density at radius 3 is 2.73 bits per heavy atom. The van der Waals surface area contributed by atoms with Crippen LogP contribution in [0.4, 0.5) is 10.8 Å². The summed E-state index contributed by atoms with van der Waals surface area (Å²) >= 11 is 1.29. The second-order valence-corrected chi connectivity index (χ2v) is 8.07. The van der Waals surface area contributed by atoms with Crippen molar-refractivity contribution in [2.45, 2.75) is 32.7 Å². The lowest BCUT2D eigenvalue weighted by molar-refractivity contribution is 0.0689. The molecule has 1 aromatic heterocycles. The van der Waals surface area contributed by atoms with E-state index in [0.717, 1.165) is 23.7 Å². The van der Waals surface area contributed by atoms with Gasteiger partial charge in [-0.1, -0.05) is 30.4 Å². The summed E-state index contributed by atoms with van der Waals surface area (Å²) in [4.78, 5) is 22.2. The molecule has 0 aliphatic carbocycles. The molecule has 0 spiro atoms. The second-order valence-electron chi connectivity index (χ2n) is 7.04. The molecule has 0 atom stereocenters. The van der Waals surface area contributed by atoms with Gasteiger partial charge in [0, 0.05) is 19.6 Å².